The van der Waals surface area contributed by atoms with Crippen LogP contribution in [0.2, 0.25) is 0 Å². The molecule has 0 fully saturated rings. The maximum absolute atomic E-state index is 4.31. The SMILES string of the molecule is Cc1cc(NCC(C)C(C)C)n2ncnc2n1. The van der Waals surface area contributed by atoms with E-state index in [1.165, 1.54) is 6.33 Å². The first kappa shape index (κ1) is 11.8. The van der Waals surface area contributed by atoms with Crippen molar-refractivity contribution < 1.29 is 0 Å². The van der Waals surface area contributed by atoms with Crippen LogP contribution in [0.1, 0.15) is 26.5 Å². The minimum Gasteiger partial charge on any atom is -0.370 e. The molecule has 0 amide bonds. The van der Waals surface area contributed by atoms with Gasteiger partial charge in [0.2, 0.25) is 0 Å². The molecule has 0 bridgehead atoms. The highest BCUT2D eigenvalue weighted by atomic mass is 15.3. The molecule has 2 heterocycles. The highest BCUT2D eigenvalue weighted by Gasteiger charge is 2.09. The van der Waals surface area contributed by atoms with Crippen LogP contribution in [0.3, 0.4) is 0 Å². The van der Waals surface area contributed by atoms with Gasteiger partial charge in [-0.2, -0.15) is 14.6 Å². The van der Waals surface area contributed by atoms with Crippen LogP contribution in [0.5, 0.6) is 0 Å². The van der Waals surface area contributed by atoms with Crippen LogP contribution in [-0.2, 0) is 0 Å². The van der Waals surface area contributed by atoms with Gasteiger partial charge < -0.3 is 5.32 Å². The van der Waals surface area contributed by atoms with E-state index in [4.69, 9.17) is 0 Å². The molecule has 5 nitrogen and oxygen atoms in total. The molecule has 2 aromatic heterocycles. The number of aryl methyl sites for hydroxylation is 1. The Morgan fingerprint density at radius 1 is 1.35 bits per heavy atom. The quantitative estimate of drug-likeness (QED) is 0.879. The molecule has 0 spiro atoms. The molecule has 0 aliphatic carbocycles. The minimum atomic E-state index is 0.613. The van der Waals surface area contributed by atoms with E-state index in [1.807, 2.05) is 13.0 Å². The molecule has 0 aliphatic heterocycles. The van der Waals surface area contributed by atoms with Gasteiger partial charge in [0.1, 0.15) is 12.1 Å². The fourth-order valence-corrected chi connectivity index (χ4v) is 1.56. The Morgan fingerprint density at radius 3 is 2.82 bits per heavy atom. The van der Waals surface area contributed by atoms with Gasteiger partial charge in [0, 0.05) is 18.3 Å². The van der Waals surface area contributed by atoms with Crippen molar-refractivity contribution in [2.24, 2.45) is 11.8 Å². The first-order valence-corrected chi connectivity index (χ1v) is 5.99. The summed E-state index contributed by atoms with van der Waals surface area (Å²) in [5.41, 5.74) is 0.949. The monoisotopic (exact) mass is 233 g/mol. The average Bonchev–Trinajstić information content (AvgIpc) is 2.72. The highest BCUT2D eigenvalue weighted by Crippen LogP contribution is 2.13. The van der Waals surface area contributed by atoms with Gasteiger partial charge >= 0.3 is 0 Å². The lowest BCUT2D eigenvalue weighted by Crippen LogP contribution is -2.18. The van der Waals surface area contributed by atoms with Crippen molar-refractivity contribution in [3.63, 3.8) is 0 Å². The van der Waals surface area contributed by atoms with E-state index in [2.05, 4.69) is 41.2 Å². The van der Waals surface area contributed by atoms with Crippen LogP contribution in [0, 0.1) is 18.8 Å². The normalized spacial score (nSPS) is 13.2. The van der Waals surface area contributed by atoms with Crippen LogP contribution in [0.25, 0.3) is 5.78 Å². The number of fused-ring (bicyclic) bond motifs is 1. The molecule has 92 valence electrons. The van der Waals surface area contributed by atoms with Gasteiger partial charge in [-0.3, -0.25) is 0 Å². The number of nitrogens with zero attached hydrogens (tertiary/aromatic N) is 4. The van der Waals surface area contributed by atoms with Crippen LogP contribution >= 0.6 is 0 Å². The summed E-state index contributed by atoms with van der Waals surface area (Å²) >= 11 is 0. The third-order valence-electron chi connectivity index (χ3n) is 3.12. The molecule has 0 radical (unpaired) electrons. The van der Waals surface area contributed by atoms with Crippen LogP contribution in [0.4, 0.5) is 5.82 Å². The highest BCUT2D eigenvalue weighted by molar-refractivity contribution is 5.44. The zero-order valence-corrected chi connectivity index (χ0v) is 10.8. The molecule has 2 aromatic rings. The second-order valence-electron chi connectivity index (χ2n) is 4.86. The number of hydrogen-bond donors (Lipinski definition) is 1. The van der Waals surface area contributed by atoms with Crippen molar-refractivity contribution in [3.8, 4) is 0 Å². The van der Waals surface area contributed by atoms with Crippen molar-refractivity contribution in [2.45, 2.75) is 27.7 Å². The van der Waals surface area contributed by atoms with Gasteiger partial charge in [0.25, 0.3) is 5.78 Å². The Kier molecular flexibility index (Phi) is 3.26. The number of aromatic nitrogens is 4. The van der Waals surface area contributed by atoms with Crippen LogP contribution < -0.4 is 5.32 Å². The summed E-state index contributed by atoms with van der Waals surface area (Å²) in [7, 11) is 0. The summed E-state index contributed by atoms with van der Waals surface area (Å²) in [4.78, 5) is 8.41. The van der Waals surface area contributed by atoms with Crippen molar-refractivity contribution in [1.29, 1.82) is 0 Å². The van der Waals surface area contributed by atoms with Gasteiger partial charge in [-0.25, -0.2) is 4.98 Å². The number of hydrogen-bond acceptors (Lipinski definition) is 4. The third-order valence-corrected chi connectivity index (χ3v) is 3.12. The second-order valence-corrected chi connectivity index (χ2v) is 4.86. The van der Waals surface area contributed by atoms with Gasteiger partial charge in [0.05, 0.1) is 0 Å². The van der Waals surface area contributed by atoms with E-state index < -0.39 is 0 Å². The smallest absolute Gasteiger partial charge is 0.254 e. The molecule has 0 saturated heterocycles. The van der Waals surface area contributed by atoms with E-state index in [9.17, 15) is 0 Å². The number of nitrogens with one attached hydrogen (secondary N) is 1. The lowest BCUT2D eigenvalue weighted by Gasteiger charge is -2.17. The van der Waals surface area contributed by atoms with Crippen LogP contribution in [-0.4, -0.2) is 26.1 Å². The average molecular weight is 233 g/mol. The summed E-state index contributed by atoms with van der Waals surface area (Å²) in [6.45, 7) is 9.59. The summed E-state index contributed by atoms with van der Waals surface area (Å²) in [5, 5.41) is 7.58. The Bertz CT molecular complexity index is 503. The Balaban J connectivity index is 2.20. The maximum atomic E-state index is 4.31. The lowest BCUT2D eigenvalue weighted by atomic mass is 9.98. The molecule has 0 aromatic carbocycles. The predicted octanol–water partition coefficient (Wildman–Crippen LogP) is 2.14. The fourth-order valence-electron chi connectivity index (χ4n) is 1.56. The molecule has 1 unspecified atom stereocenters. The molecule has 1 atom stereocenters. The van der Waals surface area contributed by atoms with Crippen molar-refractivity contribution in [2.75, 3.05) is 11.9 Å². The summed E-state index contributed by atoms with van der Waals surface area (Å²) in [5.74, 6) is 2.88. The minimum absolute atomic E-state index is 0.613. The summed E-state index contributed by atoms with van der Waals surface area (Å²) in [6.07, 6.45) is 1.53. The molecular formula is C12H19N5. The van der Waals surface area contributed by atoms with Crippen molar-refractivity contribution >= 4 is 11.6 Å². The Morgan fingerprint density at radius 2 is 2.12 bits per heavy atom. The number of rotatable bonds is 4. The topological polar surface area (TPSA) is 55.1 Å². The lowest BCUT2D eigenvalue weighted by molar-refractivity contribution is 0.439. The Hall–Kier alpha value is -1.65. The predicted molar refractivity (Wildman–Crippen MR) is 68.0 cm³/mol. The maximum Gasteiger partial charge on any atom is 0.254 e. The van der Waals surface area contributed by atoms with E-state index in [1.54, 1.807) is 4.52 Å². The molecule has 5 heteroatoms. The largest absolute Gasteiger partial charge is 0.370 e. The summed E-state index contributed by atoms with van der Waals surface area (Å²) < 4.78 is 1.74. The second kappa shape index (κ2) is 4.69. The van der Waals surface area contributed by atoms with Gasteiger partial charge in [-0.1, -0.05) is 20.8 Å². The van der Waals surface area contributed by atoms with Gasteiger partial charge in [-0.05, 0) is 18.8 Å². The molecule has 1 N–H and O–H groups in total. The third kappa shape index (κ3) is 2.54. The molecule has 2 rings (SSSR count). The van der Waals surface area contributed by atoms with Crippen LogP contribution in [0.15, 0.2) is 12.4 Å². The molecule has 0 saturated carbocycles. The van der Waals surface area contributed by atoms with Crippen molar-refractivity contribution in [1.82, 2.24) is 19.6 Å². The molecule has 17 heavy (non-hydrogen) atoms. The van der Waals surface area contributed by atoms with E-state index in [0.717, 1.165) is 18.1 Å². The Labute approximate surface area is 101 Å². The van der Waals surface area contributed by atoms with Gasteiger partial charge in [0.15, 0.2) is 0 Å². The first-order chi connectivity index (χ1) is 8.08. The fraction of sp³-hybridized carbons (Fsp3) is 0.583. The molecular weight excluding hydrogens is 214 g/mol. The van der Waals surface area contributed by atoms with E-state index in [-0.39, 0.29) is 0 Å². The van der Waals surface area contributed by atoms with E-state index >= 15 is 0 Å². The number of anilines is 1. The van der Waals surface area contributed by atoms with E-state index in [0.29, 0.717) is 17.6 Å². The van der Waals surface area contributed by atoms with Gasteiger partial charge in [-0.15, -0.1) is 0 Å². The van der Waals surface area contributed by atoms with Crippen molar-refractivity contribution in [3.05, 3.63) is 18.1 Å². The zero-order chi connectivity index (χ0) is 12.4. The molecule has 0 aliphatic rings. The summed E-state index contributed by atoms with van der Waals surface area (Å²) in [6, 6.07) is 1.99. The standard InChI is InChI=1S/C12H19N5/c1-8(2)9(3)6-13-11-5-10(4)16-12-14-7-15-17(11)12/h5,7-9,13H,6H2,1-4H3. The first-order valence-electron chi connectivity index (χ1n) is 5.99. The zero-order valence-electron chi connectivity index (χ0n) is 10.8.